The van der Waals surface area contributed by atoms with Crippen molar-refractivity contribution < 1.29 is 58.5 Å². The fourth-order valence-electron chi connectivity index (χ4n) is 5.37. The van der Waals surface area contributed by atoms with Gasteiger partial charge in [0.25, 0.3) is 0 Å². The first kappa shape index (κ1) is 25.5. The molecule has 2 aromatic rings. The maximum Gasteiger partial charge on any atom is 1.00 e. The van der Waals surface area contributed by atoms with Gasteiger partial charge < -0.3 is 24.1 Å². The first-order chi connectivity index (χ1) is 15.9. The zero-order valence-corrected chi connectivity index (χ0v) is 22.1. The van der Waals surface area contributed by atoms with Crippen molar-refractivity contribution in [3.8, 4) is 17.2 Å². The molecule has 2 aliphatic heterocycles. The molecule has 1 aliphatic carbocycles. The van der Waals surface area contributed by atoms with Gasteiger partial charge in [-0.05, 0) is 61.9 Å². The number of carboxylic acid groups (broad SMARTS) is 1. The van der Waals surface area contributed by atoms with Crippen LogP contribution >= 0.6 is 11.6 Å². The summed E-state index contributed by atoms with van der Waals surface area (Å²) in [6, 6.07) is 10.1. The van der Waals surface area contributed by atoms with Crippen molar-refractivity contribution in [3.63, 3.8) is 0 Å². The van der Waals surface area contributed by atoms with Crippen LogP contribution in [0.1, 0.15) is 66.8 Å². The van der Waals surface area contributed by atoms with Crippen molar-refractivity contribution >= 4 is 23.4 Å². The summed E-state index contributed by atoms with van der Waals surface area (Å²) < 4.78 is 17.6. The molecule has 8 heteroatoms. The van der Waals surface area contributed by atoms with Gasteiger partial charge in [0.15, 0.2) is 5.78 Å². The Morgan fingerprint density at radius 3 is 2.59 bits per heavy atom. The van der Waals surface area contributed by atoms with E-state index in [0.717, 1.165) is 19.3 Å². The molecule has 2 heterocycles. The number of rotatable bonds is 6. The van der Waals surface area contributed by atoms with Crippen molar-refractivity contribution in [1.82, 2.24) is 0 Å². The summed E-state index contributed by atoms with van der Waals surface area (Å²) in [6.45, 7) is 0.960. The Bertz CT molecular complexity index is 1060. The van der Waals surface area contributed by atoms with Crippen LogP contribution in [0.4, 0.5) is 0 Å². The first-order valence-electron chi connectivity index (χ1n) is 11.5. The van der Waals surface area contributed by atoms with Crippen LogP contribution in [0, 0.1) is 5.92 Å². The molecule has 1 spiro atoms. The topological polar surface area (TPSA) is 84.9 Å². The Labute approximate surface area is 226 Å². The Kier molecular flexibility index (Phi) is 7.95. The summed E-state index contributed by atoms with van der Waals surface area (Å²) in [7, 11) is 0. The maximum atomic E-state index is 12.8. The van der Waals surface area contributed by atoms with Crippen LogP contribution in [-0.4, -0.2) is 30.6 Å². The molecule has 2 aromatic carbocycles. The van der Waals surface area contributed by atoms with Crippen molar-refractivity contribution in [2.24, 2.45) is 5.92 Å². The van der Waals surface area contributed by atoms with Crippen molar-refractivity contribution in [2.75, 3.05) is 13.2 Å². The van der Waals surface area contributed by atoms with Gasteiger partial charge in [-0.25, -0.2) is 0 Å². The second kappa shape index (κ2) is 10.6. The number of hydrogen-bond donors (Lipinski definition) is 0. The molecule has 6 nitrogen and oxygen atoms in total. The molecule has 1 saturated carbocycles. The Morgan fingerprint density at radius 2 is 1.88 bits per heavy atom. The third kappa shape index (κ3) is 5.31. The average molecular weight is 493 g/mol. The van der Waals surface area contributed by atoms with E-state index in [9.17, 15) is 14.7 Å². The van der Waals surface area contributed by atoms with Crippen LogP contribution in [-0.2, 0) is 9.53 Å². The van der Waals surface area contributed by atoms with Gasteiger partial charge in [-0.2, -0.15) is 0 Å². The van der Waals surface area contributed by atoms with Gasteiger partial charge in [0.2, 0.25) is 0 Å². The summed E-state index contributed by atoms with van der Waals surface area (Å²) in [6.07, 6.45) is 6.50. The van der Waals surface area contributed by atoms with Crippen LogP contribution in [0.15, 0.2) is 36.4 Å². The number of hydrogen-bond acceptors (Lipinski definition) is 6. The average Bonchev–Trinajstić information content (AvgIpc) is 3.43. The van der Waals surface area contributed by atoms with Crippen LogP contribution in [0.2, 0.25) is 5.02 Å². The van der Waals surface area contributed by atoms with Crippen molar-refractivity contribution in [1.29, 1.82) is 0 Å². The minimum Gasteiger partial charge on any atom is -0.549 e. The number of carboxylic acids is 1. The normalized spacial score (nSPS) is 22.5. The van der Waals surface area contributed by atoms with Crippen LogP contribution in [0.25, 0.3) is 0 Å². The number of ketones is 1. The van der Waals surface area contributed by atoms with E-state index < -0.39 is 11.9 Å². The molecule has 0 bridgehead atoms. The van der Waals surface area contributed by atoms with Gasteiger partial charge in [0, 0.05) is 35.5 Å². The zero-order valence-electron chi connectivity index (χ0n) is 19.3. The maximum absolute atomic E-state index is 12.8. The van der Waals surface area contributed by atoms with Gasteiger partial charge >= 0.3 is 29.6 Å². The number of carbonyl (C=O) groups excluding carboxylic acids is 2. The van der Waals surface area contributed by atoms with Crippen LogP contribution < -0.4 is 44.1 Å². The number of benzene rings is 2. The third-order valence-corrected chi connectivity index (χ3v) is 7.36. The minimum absolute atomic E-state index is 0. The van der Waals surface area contributed by atoms with E-state index in [-0.39, 0.29) is 58.5 Å². The second-order valence-electron chi connectivity index (χ2n) is 9.35. The van der Waals surface area contributed by atoms with Gasteiger partial charge in [-0.1, -0.05) is 24.4 Å². The Morgan fingerprint density at radius 1 is 1.15 bits per heavy atom. The SMILES string of the molecule is O=C(CC1COC2(CCCC2)C1)c1ccc(Oc2cc3c(cc2Cl)C(C(=O)[O-])CCO3)cc1.[Na+]. The quantitative estimate of drug-likeness (QED) is 0.450. The molecular formula is C26H26ClNaO6. The summed E-state index contributed by atoms with van der Waals surface area (Å²) in [4.78, 5) is 24.2. The van der Waals surface area contributed by atoms with E-state index in [4.69, 9.17) is 25.8 Å². The second-order valence-corrected chi connectivity index (χ2v) is 9.76. The number of carbonyl (C=O) groups is 2. The van der Waals surface area contributed by atoms with E-state index in [0.29, 0.717) is 47.8 Å². The zero-order chi connectivity index (χ0) is 23.0. The smallest absolute Gasteiger partial charge is 0.549 e. The number of halogens is 1. The fraction of sp³-hybridized carbons (Fsp3) is 0.462. The van der Waals surface area contributed by atoms with Crippen molar-refractivity contribution in [2.45, 2.75) is 56.5 Å². The monoisotopic (exact) mass is 492 g/mol. The predicted octanol–water partition coefficient (Wildman–Crippen LogP) is 1.67. The minimum atomic E-state index is -1.15. The largest absolute Gasteiger partial charge is 1.00 e. The molecule has 0 N–H and O–H groups in total. The number of aliphatic carboxylic acids is 1. The molecule has 3 aliphatic rings. The van der Waals surface area contributed by atoms with Gasteiger partial charge in [-0.3, -0.25) is 4.79 Å². The summed E-state index contributed by atoms with van der Waals surface area (Å²) in [5, 5.41) is 11.7. The van der Waals surface area contributed by atoms with E-state index in [1.54, 1.807) is 36.4 Å². The third-order valence-electron chi connectivity index (χ3n) is 7.07. The summed E-state index contributed by atoms with van der Waals surface area (Å²) in [5.74, 6) is -0.190. The number of ether oxygens (including phenoxy) is 3. The molecule has 0 radical (unpaired) electrons. The van der Waals surface area contributed by atoms with E-state index in [1.807, 2.05) is 0 Å². The van der Waals surface area contributed by atoms with E-state index in [2.05, 4.69) is 0 Å². The van der Waals surface area contributed by atoms with E-state index in [1.165, 1.54) is 12.8 Å². The standard InChI is InChI=1S/C26H27ClO6.Na/c27-21-12-20-19(25(29)30)7-10-31-23(20)13-24(21)33-18-5-3-17(4-6-18)22(28)11-16-14-26(32-15-16)8-1-2-9-26;/h3-6,12-13,16,19H,1-2,7-11,14-15H2,(H,29,30);/q;+1/p-1. The molecule has 2 unspecified atom stereocenters. The molecule has 0 aromatic heterocycles. The summed E-state index contributed by atoms with van der Waals surface area (Å²) in [5.41, 5.74) is 1.17. The van der Waals surface area contributed by atoms with Crippen LogP contribution in [0.5, 0.6) is 17.2 Å². The van der Waals surface area contributed by atoms with Crippen molar-refractivity contribution in [3.05, 3.63) is 52.5 Å². The fourth-order valence-corrected chi connectivity index (χ4v) is 5.58. The first-order valence-corrected chi connectivity index (χ1v) is 11.9. The Balaban J connectivity index is 0.00000274. The predicted molar refractivity (Wildman–Crippen MR) is 120 cm³/mol. The van der Waals surface area contributed by atoms with Gasteiger partial charge in [-0.15, -0.1) is 0 Å². The van der Waals surface area contributed by atoms with E-state index >= 15 is 0 Å². The molecule has 174 valence electrons. The molecule has 2 atom stereocenters. The van der Waals surface area contributed by atoms with Gasteiger partial charge in [0.1, 0.15) is 17.2 Å². The molecule has 5 rings (SSSR count). The molecule has 0 amide bonds. The van der Waals surface area contributed by atoms with Gasteiger partial charge in [0.05, 0.1) is 23.8 Å². The Hall–Kier alpha value is -1.57. The summed E-state index contributed by atoms with van der Waals surface area (Å²) >= 11 is 6.35. The number of fused-ring (bicyclic) bond motifs is 1. The number of Topliss-reactive ketones (excluding diaryl/α,β-unsaturated/α-hetero) is 1. The molecule has 34 heavy (non-hydrogen) atoms. The molecule has 1 saturated heterocycles. The van der Waals surface area contributed by atoms with Crippen LogP contribution in [0.3, 0.4) is 0 Å². The molecule has 2 fully saturated rings. The molecular weight excluding hydrogens is 467 g/mol.